The molecule has 11 heteroatoms. The number of methoxy groups -OCH3 is 1. The van der Waals surface area contributed by atoms with Gasteiger partial charge in [-0.2, -0.15) is 4.98 Å². The van der Waals surface area contributed by atoms with Crippen LogP contribution in [0.2, 0.25) is 5.15 Å². The highest BCUT2D eigenvalue weighted by atomic mass is 35.5. The van der Waals surface area contributed by atoms with E-state index in [1.54, 1.807) is 14.2 Å². The Kier molecular flexibility index (Phi) is 7.81. The van der Waals surface area contributed by atoms with Crippen LogP contribution >= 0.6 is 11.6 Å². The number of nitrogen functional groups attached to an aromatic ring is 1. The molecule has 1 saturated heterocycles. The highest BCUT2D eigenvalue weighted by molar-refractivity contribution is 6.30. The van der Waals surface area contributed by atoms with E-state index >= 15 is 0 Å². The molecule has 0 aliphatic carbocycles. The quantitative estimate of drug-likeness (QED) is 0.555. The summed E-state index contributed by atoms with van der Waals surface area (Å²) in [5.41, 5.74) is 9.92. The number of urea groups is 1. The molecule has 0 aromatic carbocycles. The van der Waals surface area contributed by atoms with E-state index in [1.165, 1.54) is 0 Å². The fourth-order valence-corrected chi connectivity index (χ4v) is 5.49. The third-order valence-electron chi connectivity index (χ3n) is 7.04. The number of aromatic nitrogens is 3. The predicted octanol–water partition coefficient (Wildman–Crippen LogP) is 2.57. The fourth-order valence-electron chi connectivity index (χ4n) is 5.16. The molecule has 35 heavy (non-hydrogen) atoms. The molecule has 0 bridgehead atoms. The van der Waals surface area contributed by atoms with Crippen molar-refractivity contribution in [3.05, 3.63) is 33.7 Å². The number of halogens is 1. The van der Waals surface area contributed by atoms with E-state index in [0.29, 0.717) is 11.7 Å². The molecule has 2 aliphatic heterocycles. The second-order valence-electron chi connectivity index (χ2n) is 9.26. The van der Waals surface area contributed by atoms with Crippen molar-refractivity contribution in [2.75, 3.05) is 64.1 Å². The Labute approximate surface area is 211 Å². The maximum absolute atomic E-state index is 11.8. The lowest BCUT2D eigenvalue weighted by Crippen LogP contribution is -2.51. The number of ether oxygens (including phenoxy) is 1. The molecule has 2 amide bonds. The lowest BCUT2D eigenvalue weighted by Gasteiger charge is -2.34. The maximum atomic E-state index is 11.8. The number of fused-ring (bicyclic) bond motifs is 1. The number of carbonyl (C=O) groups excluding carboxylic acids is 1. The lowest BCUT2D eigenvalue weighted by molar-refractivity contribution is 0.139. The minimum absolute atomic E-state index is 0.00265. The number of aryl methyl sites for hydroxylation is 1. The smallest absolute Gasteiger partial charge is 0.317 e. The normalized spacial score (nSPS) is 18.0. The first-order valence-electron chi connectivity index (χ1n) is 12.1. The molecular formula is C24H35ClN8O2. The van der Waals surface area contributed by atoms with E-state index < -0.39 is 0 Å². The zero-order valence-electron chi connectivity index (χ0n) is 21.0. The molecule has 4 rings (SSSR count). The molecule has 1 fully saturated rings. The van der Waals surface area contributed by atoms with Gasteiger partial charge in [0.25, 0.3) is 0 Å². The van der Waals surface area contributed by atoms with Crippen molar-refractivity contribution in [1.29, 1.82) is 0 Å². The van der Waals surface area contributed by atoms with Crippen molar-refractivity contribution in [2.45, 2.75) is 39.2 Å². The van der Waals surface area contributed by atoms with Crippen LogP contribution in [0.15, 0.2) is 6.20 Å². The van der Waals surface area contributed by atoms with Crippen LogP contribution in [-0.4, -0.2) is 84.2 Å². The average molecular weight is 503 g/mol. The molecule has 1 atom stereocenters. The van der Waals surface area contributed by atoms with Gasteiger partial charge in [0, 0.05) is 68.6 Å². The highest BCUT2D eigenvalue weighted by Crippen LogP contribution is 2.42. The number of nitrogens with two attached hydrogens (primary N) is 1. The van der Waals surface area contributed by atoms with Gasteiger partial charge >= 0.3 is 6.03 Å². The van der Waals surface area contributed by atoms with Gasteiger partial charge in [0.15, 0.2) is 0 Å². The molecule has 10 nitrogen and oxygen atoms in total. The number of piperazine rings is 1. The Balaban J connectivity index is 1.43. The van der Waals surface area contributed by atoms with Gasteiger partial charge in [-0.3, -0.25) is 9.88 Å². The summed E-state index contributed by atoms with van der Waals surface area (Å²) in [5.74, 6) is 2.06. The van der Waals surface area contributed by atoms with Gasteiger partial charge in [0.2, 0.25) is 5.95 Å². The van der Waals surface area contributed by atoms with E-state index in [-0.39, 0.29) is 17.9 Å². The Bertz CT molecular complexity index is 1070. The molecule has 2 aromatic rings. The number of carbonyl (C=O) groups is 1. The maximum Gasteiger partial charge on any atom is 0.317 e. The van der Waals surface area contributed by atoms with Crippen LogP contribution in [0.4, 0.5) is 16.6 Å². The number of rotatable bonds is 7. The second-order valence-corrected chi connectivity index (χ2v) is 9.62. The van der Waals surface area contributed by atoms with Gasteiger partial charge in [0.05, 0.1) is 19.3 Å². The van der Waals surface area contributed by atoms with Gasteiger partial charge in [-0.25, -0.2) is 9.78 Å². The molecule has 190 valence electrons. The summed E-state index contributed by atoms with van der Waals surface area (Å²) in [6, 6.07) is -0.00265. The SMILES string of the molecule is CNC(=O)N1CCN(CCCC2CN(Cc3ncc(C)c(OC)c3C)c3nc(N)nc(Cl)c32)CC1. The summed E-state index contributed by atoms with van der Waals surface area (Å²) in [6.45, 7) is 9.69. The van der Waals surface area contributed by atoms with Crippen LogP contribution < -0.4 is 20.7 Å². The van der Waals surface area contributed by atoms with Crippen LogP contribution in [0, 0.1) is 13.8 Å². The summed E-state index contributed by atoms with van der Waals surface area (Å²) >= 11 is 6.58. The van der Waals surface area contributed by atoms with Crippen molar-refractivity contribution in [2.24, 2.45) is 0 Å². The summed E-state index contributed by atoms with van der Waals surface area (Å²) in [4.78, 5) is 31.8. The standard InChI is InChI=1S/C24H35ClN8O2/c1-15-12-28-18(16(2)20(15)35-4)14-33-13-17(19-21(25)29-23(26)30-22(19)33)6-5-7-31-8-10-32(11-9-31)24(34)27-3/h12,17H,5-11,13-14H2,1-4H3,(H,27,34)(H2,26,29,30). The largest absolute Gasteiger partial charge is 0.496 e. The Morgan fingerprint density at radius 2 is 2.00 bits per heavy atom. The first-order chi connectivity index (χ1) is 16.8. The lowest BCUT2D eigenvalue weighted by atomic mass is 9.98. The van der Waals surface area contributed by atoms with E-state index in [4.69, 9.17) is 22.1 Å². The van der Waals surface area contributed by atoms with Crippen LogP contribution in [0.5, 0.6) is 5.75 Å². The van der Waals surface area contributed by atoms with E-state index in [1.807, 2.05) is 24.9 Å². The van der Waals surface area contributed by atoms with E-state index in [2.05, 4.69) is 30.1 Å². The minimum Gasteiger partial charge on any atom is -0.496 e. The molecule has 4 heterocycles. The summed E-state index contributed by atoms with van der Waals surface area (Å²) in [5, 5.41) is 3.14. The Morgan fingerprint density at radius 1 is 1.26 bits per heavy atom. The van der Waals surface area contributed by atoms with E-state index in [9.17, 15) is 4.79 Å². The van der Waals surface area contributed by atoms with Crippen LogP contribution in [-0.2, 0) is 6.54 Å². The number of amides is 2. The number of hydrogen-bond acceptors (Lipinski definition) is 8. The zero-order valence-corrected chi connectivity index (χ0v) is 21.7. The molecule has 0 radical (unpaired) electrons. The number of hydrogen-bond donors (Lipinski definition) is 2. The van der Waals surface area contributed by atoms with Crippen molar-refractivity contribution in [3.8, 4) is 5.75 Å². The zero-order chi connectivity index (χ0) is 25.1. The molecule has 2 aromatic heterocycles. The van der Waals surface area contributed by atoms with Gasteiger partial charge in [-0.05, 0) is 33.2 Å². The molecule has 2 aliphatic rings. The first kappa shape index (κ1) is 25.2. The third kappa shape index (κ3) is 5.38. The van der Waals surface area contributed by atoms with Gasteiger partial charge in [-0.1, -0.05) is 11.6 Å². The molecule has 3 N–H and O–H groups in total. The van der Waals surface area contributed by atoms with Crippen molar-refractivity contribution >= 4 is 29.4 Å². The summed E-state index contributed by atoms with van der Waals surface area (Å²) < 4.78 is 5.59. The second kappa shape index (κ2) is 10.8. The molecular weight excluding hydrogens is 468 g/mol. The minimum atomic E-state index is -0.00265. The average Bonchev–Trinajstić information content (AvgIpc) is 3.18. The molecule has 1 unspecified atom stereocenters. The molecule has 0 saturated carbocycles. The Morgan fingerprint density at radius 3 is 2.69 bits per heavy atom. The van der Waals surface area contributed by atoms with E-state index in [0.717, 1.165) is 86.1 Å². The van der Waals surface area contributed by atoms with Gasteiger partial charge in [0.1, 0.15) is 16.7 Å². The Hall–Kier alpha value is -2.85. The fraction of sp³-hybridized carbons (Fsp3) is 0.583. The number of nitrogens with zero attached hydrogens (tertiary/aromatic N) is 6. The van der Waals surface area contributed by atoms with Gasteiger partial charge < -0.3 is 25.6 Å². The van der Waals surface area contributed by atoms with Crippen molar-refractivity contribution in [3.63, 3.8) is 0 Å². The highest BCUT2D eigenvalue weighted by Gasteiger charge is 2.34. The topological polar surface area (TPSA) is 113 Å². The number of pyridine rings is 1. The summed E-state index contributed by atoms with van der Waals surface area (Å²) in [6.07, 6.45) is 3.84. The predicted molar refractivity (Wildman–Crippen MR) is 137 cm³/mol. The monoisotopic (exact) mass is 502 g/mol. The van der Waals surface area contributed by atoms with Crippen molar-refractivity contribution < 1.29 is 9.53 Å². The number of nitrogens with one attached hydrogen (secondary N) is 1. The first-order valence-corrected chi connectivity index (χ1v) is 12.5. The molecule has 0 spiro atoms. The van der Waals surface area contributed by atoms with Gasteiger partial charge in [-0.15, -0.1) is 0 Å². The summed E-state index contributed by atoms with van der Waals surface area (Å²) in [7, 11) is 3.36. The van der Waals surface area contributed by atoms with Crippen LogP contribution in [0.3, 0.4) is 0 Å². The third-order valence-corrected chi connectivity index (χ3v) is 7.32. The van der Waals surface area contributed by atoms with Crippen molar-refractivity contribution in [1.82, 2.24) is 30.1 Å². The van der Waals surface area contributed by atoms with Crippen LogP contribution in [0.1, 0.15) is 41.1 Å². The number of anilines is 2. The van der Waals surface area contributed by atoms with Crippen LogP contribution in [0.25, 0.3) is 0 Å².